The maximum Gasteiger partial charge on any atom is 0.281 e. The Bertz CT molecular complexity index is 729. The molecule has 0 saturated heterocycles. The summed E-state index contributed by atoms with van der Waals surface area (Å²) in [6.07, 6.45) is 1.45. The van der Waals surface area contributed by atoms with Gasteiger partial charge < -0.3 is 10.2 Å². The molecule has 0 radical (unpaired) electrons. The highest BCUT2D eigenvalue weighted by molar-refractivity contribution is 7.92. The first-order chi connectivity index (χ1) is 9.95. The lowest BCUT2D eigenvalue weighted by atomic mass is 10.2. The molecule has 0 fully saturated rings. The Balaban J connectivity index is 2.43. The van der Waals surface area contributed by atoms with Crippen molar-refractivity contribution < 1.29 is 8.42 Å². The monoisotopic (exact) mass is 306 g/mol. The lowest BCUT2D eigenvalue weighted by Crippen LogP contribution is -2.19. The quantitative estimate of drug-likeness (QED) is 0.883. The van der Waals surface area contributed by atoms with Crippen molar-refractivity contribution in [1.29, 1.82) is 0 Å². The van der Waals surface area contributed by atoms with Crippen LogP contribution in [0.2, 0.25) is 0 Å². The van der Waals surface area contributed by atoms with Crippen molar-refractivity contribution in [2.75, 3.05) is 36.1 Å². The molecule has 21 heavy (non-hydrogen) atoms. The van der Waals surface area contributed by atoms with Gasteiger partial charge in [0.2, 0.25) is 0 Å². The third kappa shape index (κ3) is 3.25. The smallest absolute Gasteiger partial charge is 0.281 e. The van der Waals surface area contributed by atoms with E-state index in [2.05, 4.69) is 15.0 Å². The molecule has 0 aliphatic heterocycles. The molecule has 2 rings (SSSR count). The Morgan fingerprint density at radius 1 is 1.05 bits per heavy atom. The molecule has 0 unspecified atom stereocenters. The average Bonchev–Trinajstić information content (AvgIpc) is 2.47. The van der Waals surface area contributed by atoms with Gasteiger partial charge in [0.15, 0.2) is 5.03 Å². The van der Waals surface area contributed by atoms with Crippen molar-refractivity contribution in [3.05, 3.63) is 42.6 Å². The molecule has 6 nitrogen and oxygen atoms in total. The van der Waals surface area contributed by atoms with Crippen LogP contribution in [0.4, 0.5) is 17.1 Å². The summed E-state index contributed by atoms with van der Waals surface area (Å²) in [6, 6.07) is 10.5. The van der Waals surface area contributed by atoms with Crippen LogP contribution in [0.3, 0.4) is 0 Å². The van der Waals surface area contributed by atoms with E-state index < -0.39 is 10.0 Å². The number of pyridine rings is 1. The predicted molar refractivity (Wildman–Crippen MR) is 85.4 cm³/mol. The minimum Gasteiger partial charge on any atom is -0.386 e. The van der Waals surface area contributed by atoms with Gasteiger partial charge in [-0.1, -0.05) is 12.1 Å². The van der Waals surface area contributed by atoms with Crippen LogP contribution in [0.5, 0.6) is 0 Å². The third-order valence-corrected chi connectivity index (χ3v) is 4.25. The maximum atomic E-state index is 12.5. The number of anilines is 3. The van der Waals surface area contributed by atoms with Gasteiger partial charge >= 0.3 is 0 Å². The molecule has 7 heteroatoms. The van der Waals surface area contributed by atoms with Crippen molar-refractivity contribution >= 4 is 27.1 Å². The molecule has 0 amide bonds. The molecule has 0 aliphatic rings. The molecule has 1 aromatic heterocycles. The van der Waals surface area contributed by atoms with Gasteiger partial charge in [0.1, 0.15) is 0 Å². The molecule has 0 aliphatic carbocycles. The zero-order valence-electron chi connectivity index (χ0n) is 12.2. The second kappa shape index (κ2) is 6.01. The first kappa shape index (κ1) is 15.1. The molecule has 0 bridgehead atoms. The van der Waals surface area contributed by atoms with E-state index in [4.69, 9.17) is 0 Å². The van der Waals surface area contributed by atoms with Gasteiger partial charge in [-0.2, -0.15) is 8.42 Å². The highest BCUT2D eigenvalue weighted by Crippen LogP contribution is 2.27. The number of sulfonamides is 1. The van der Waals surface area contributed by atoms with E-state index >= 15 is 0 Å². The number of nitrogens with one attached hydrogen (secondary N) is 2. The van der Waals surface area contributed by atoms with E-state index in [9.17, 15) is 8.42 Å². The van der Waals surface area contributed by atoms with Crippen LogP contribution >= 0.6 is 0 Å². The van der Waals surface area contributed by atoms with Crippen LogP contribution in [-0.4, -0.2) is 34.5 Å². The largest absolute Gasteiger partial charge is 0.386 e. The number of aromatic nitrogens is 1. The third-order valence-electron chi connectivity index (χ3n) is 2.93. The van der Waals surface area contributed by atoms with Crippen LogP contribution in [0.25, 0.3) is 0 Å². The molecular weight excluding hydrogens is 288 g/mol. The number of benzene rings is 1. The average molecular weight is 306 g/mol. The zero-order chi connectivity index (χ0) is 15.5. The van der Waals surface area contributed by atoms with Crippen molar-refractivity contribution in [1.82, 2.24) is 4.98 Å². The van der Waals surface area contributed by atoms with E-state index in [0.29, 0.717) is 11.4 Å². The van der Waals surface area contributed by atoms with Crippen molar-refractivity contribution in [3.63, 3.8) is 0 Å². The molecule has 0 saturated carbocycles. The molecule has 1 aromatic carbocycles. The topological polar surface area (TPSA) is 74.3 Å². The van der Waals surface area contributed by atoms with E-state index in [1.807, 2.05) is 31.1 Å². The van der Waals surface area contributed by atoms with E-state index in [0.717, 1.165) is 5.69 Å². The van der Waals surface area contributed by atoms with Gasteiger partial charge in [0, 0.05) is 27.3 Å². The number of hydrogen-bond acceptors (Lipinski definition) is 5. The molecule has 1 heterocycles. The van der Waals surface area contributed by atoms with Crippen molar-refractivity contribution in [2.45, 2.75) is 5.03 Å². The maximum absolute atomic E-state index is 12.5. The van der Waals surface area contributed by atoms with Crippen LogP contribution in [0.15, 0.2) is 47.6 Å². The van der Waals surface area contributed by atoms with Crippen LogP contribution in [0.1, 0.15) is 0 Å². The Hall–Kier alpha value is -2.28. The van der Waals surface area contributed by atoms with Gasteiger partial charge in [0.05, 0.1) is 17.1 Å². The number of para-hydroxylation sites is 2. The summed E-state index contributed by atoms with van der Waals surface area (Å²) < 4.78 is 27.6. The number of nitrogens with zero attached hydrogens (tertiary/aromatic N) is 2. The van der Waals surface area contributed by atoms with Gasteiger partial charge in [-0.05, 0) is 24.3 Å². The first-order valence-electron chi connectivity index (χ1n) is 6.37. The summed E-state index contributed by atoms with van der Waals surface area (Å²) >= 11 is 0. The standard InChI is InChI=1S/C14H18N4O2S/c1-15-12-8-6-10-16-14(12)21(19,20)17-11-7-4-5-9-13(11)18(2)3/h4-10,15,17H,1-3H3. The first-order valence-corrected chi connectivity index (χ1v) is 7.86. The Labute approximate surface area is 124 Å². The highest BCUT2D eigenvalue weighted by Gasteiger charge is 2.21. The van der Waals surface area contributed by atoms with Crippen molar-refractivity contribution in [2.24, 2.45) is 0 Å². The highest BCUT2D eigenvalue weighted by atomic mass is 32.2. The molecule has 2 N–H and O–H groups in total. The SMILES string of the molecule is CNc1cccnc1S(=O)(=O)Nc1ccccc1N(C)C. The second-order valence-corrected chi connectivity index (χ2v) is 6.22. The summed E-state index contributed by atoms with van der Waals surface area (Å²) in [6.45, 7) is 0. The lowest BCUT2D eigenvalue weighted by Gasteiger charge is -2.18. The molecule has 0 spiro atoms. The minimum absolute atomic E-state index is 0.0268. The van der Waals surface area contributed by atoms with Gasteiger partial charge in [-0.15, -0.1) is 0 Å². The molecule has 2 aromatic rings. The zero-order valence-corrected chi connectivity index (χ0v) is 13.0. The van der Waals surface area contributed by atoms with Crippen LogP contribution in [-0.2, 0) is 10.0 Å². The van der Waals surface area contributed by atoms with Gasteiger partial charge in [0.25, 0.3) is 10.0 Å². The lowest BCUT2D eigenvalue weighted by molar-refractivity contribution is 0.598. The Kier molecular flexibility index (Phi) is 4.32. The van der Waals surface area contributed by atoms with E-state index in [1.165, 1.54) is 6.20 Å². The normalized spacial score (nSPS) is 11.0. The van der Waals surface area contributed by atoms with Crippen LogP contribution < -0.4 is 14.9 Å². The molecule has 0 atom stereocenters. The number of hydrogen-bond donors (Lipinski definition) is 2. The molecule has 112 valence electrons. The second-order valence-electron chi connectivity index (χ2n) is 4.62. The van der Waals surface area contributed by atoms with Crippen LogP contribution in [0, 0.1) is 0 Å². The Morgan fingerprint density at radius 3 is 2.38 bits per heavy atom. The Morgan fingerprint density at radius 2 is 1.71 bits per heavy atom. The van der Waals surface area contributed by atoms with Gasteiger partial charge in [-0.25, -0.2) is 4.98 Å². The fourth-order valence-electron chi connectivity index (χ4n) is 1.94. The minimum atomic E-state index is -3.76. The van der Waals surface area contributed by atoms with Crippen molar-refractivity contribution in [3.8, 4) is 0 Å². The summed E-state index contributed by atoms with van der Waals surface area (Å²) in [7, 11) is 1.60. The predicted octanol–water partition coefficient (Wildman–Crippen LogP) is 1.99. The summed E-state index contributed by atoms with van der Waals surface area (Å²) in [4.78, 5) is 5.81. The summed E-state index contributed by atoms with van der Waals surface area (Å²) in [5.41, 5.74) is 1.74. The summed E-state index contributed by atoms with van der Waals surface area (Å²) in [5.74, 6) is 0. The molecular formula is C14H18N4O2S. The number of rotatable bonds is 5. The van der Waals surface area contributed by atoms with E-state index in [-0.39, 0.29) is 5.03 Å². The fraction of sp³-hybridized carbons (Fsp3) is 0.214. The summed E-state index contributed by atoms with van der Waals surface area (Å²) in [5, 5.41) is 2.81. The fourth-order valence-corrected chi connectivity index (χ4v) is 3.16. The van der Waals surface area contributed by atoms with E-state index in [1.54, 1.807) is 31.3 Å². The van der Waals surface area contributed by atoms with Gasteiger partial charge in [-0.3, -0.25) is 4.72 Å².